The van der Waals surface area contributed by atoms with Gasteiger partial charge in [-0.2, -0.15) is 0 Å². The first-order chi connectivity index (χ1) is 17.3. The minimum absolute atomic E-state index is 0.167. The molecule has 0 atom stereocenters. The van der Waals surface area contributed by atoms with Gasteiger partial charge in [-0.15, -0.1) is 10.2 Å². The van der Waals surface area contributed by atoms with Crippen LogP contribution in [0.25, 0.3) is 5.69 Å². The van der Waals surface area contributed by atoms with Crippen molar-refractivity contribution in [3.05, 3.63) is 58.6 Å². The van der Waals surface area contributed by atoms with E-state index in [1.165, 1.54) is 12.4 Å². The van der Waals surface area contributed by atoms with E-state index in [0.29, 0.717) is 42.7 Å². The molecule has 2 aliphatic carbocycles. The number of hydrogen-bond acceptors (Lipinski definition) is 6. The van der Waals surface area contributed by atoms with E-state index in [1.807, 2.05) is 18.2 Å². The van der Waals surface area contributed by atoms with Crippen molar-refractivity contribution in [1.82, 2.24) is 29.6 Å². The zero-order valence-corrected chi connectivity index (χ0v) is 20.3. The molecule has 3 fully saturated rings. The first-order valence-corrected chi connectivity index (χ1v) is 12.7. The van der Waals surface area contributed by atoms with Crippen LogP contribution in [0.5, 0.6) is 0 Å². The summed E-state index contributed by atoms with van der Waals surface area (Å²) in [7, 11) is 0. The Bertz CT molecular complexity index is 1310. The summed E-state index contributed by atoms with van der Waals surface area (Å²) in [4.78, 5) is 12.0. The van der Waals surface area contributed by atoms with Gasteiger partial charge in [0.15, 0.2) is 11.6 Å². The van der Waals surface area contributed by atoms with Crippen LogP contribution in [0.15, 0.2) is 30.6 Å². The summed E-state index contributed by atoms with van der Waals surface area (Å²) in [6, 6.07) is 5.64. The second-order valence-electron chi connectivity index (χ2n) is 10.9. The molecule has 7 nitrogen and oxygen atoms in total. The van der Waals surface area contributed by atoms with Crippen molar-refractivity contribution in [2.45, 2.75) is 50.6 Å². The lowest BCUT2D eigenvalue weighted by Crippen LogP contribution is -2.62. The molecule has 1 aromatic carbocycles. The molecule has 1 spiro atoms. The molecule has 36 heavy (non-hydrogen) atoms. The highest BCUT2D eigenvalue weighted by molar-refractivity contribution is 6.30. The summed E-state index contributed by atoms with van der Waals surface area (Å²) in [6.07, 6.45) is 5.48. The normalized spacial score (nSPS) is 21.5. The first-order valence-electron chi connectivity index (χ1n) is 12.3. The highest BCUT2D eigenvalue weighted by Gasteiger charge is 2.55. The lowest BCUT2D eigenvalue weighted by atomic mass is 9.57. The maximum atomic E-state index is 14.7. The van der Waals surface area contributed by atoms with Gasteiger partial charge in [0.05, 0.1) is 31.2 Å². The van der Waals surface area contributed by atoms with Crippen LogP contribution in [0.3, 0.4) is 0 Å². The predicted molar refractivity (Wildman–Crippen MR) is 127 cm³/mol. The Morgan fingerprint density at radius 3 is 2.53 bits per heavy atom. The van der Waals surface area contributed by atoms with Gasteiger partial charge in [0.2, 0.25) is 5.95 Å². The van der Waals surface area contributed by atoms with Crippen LogP contribution in [-0.2, 0) is 13.1 Å². The average molecular weight is 516 g/mol. The topological polar surface area (TPSA) is 63.0 Å². The number of anilines is 1. The van der Waals surface area contributed by atoms with Crippen molar-refractivity contribution >= 4 is 17.5 Å². The van der Waals surface area contributed by atoms with E-state index in [0.717, 1.165) is 43.0 Å². The minimum Gasteiger partial charge on any atom is -0.340 e. The van der Waals surface area contributed by atoms with Crippen LogP contribution in [0.1, 0.15) is 48.8 Å². The molecule has 0 radical (unpaired) electrons. The maximum absolute atomic E-state index is 14.7. The van der Waals surface area contributed by atoms with Gasteiger partial charge in [-0.3, -0.25) is 9.47 Å². The molecule has 1 saturated heterocycles. The zero-order valence-electron chi connectivity index (χ0n) is 19.5. The molecular formula is C25H25ClF3N7. The summed E-state index contributed by atoms with van der Waals surface area (Å²) in [6.45, 7) is 2.07. The Morgan fingerprint density at radius 1 is 1.06 bits per heavy atom. The van der Waals surface area contributed by atoms with Crippen LogP contribution >= 0.6 is 11.6 Å². The van der Waals surface area contributed by atoms with Crippen molar-refractivity contribution in [3.63, 3.8) is 0 Å². The third-order valence-corrected chi connectivity index (χ3v) is 8.31. The number of rotatable bonds is 5. The fourth-order valence-corrected chi connectivity index (χ4v) is 6.39. The van der Waals surface area contributed by atoms with Gasteiger partial charge in [0.1, 0.15) is 5.82 Å². The molecule has 4 aliphatic rings. The largest absolute Gasteiger partial charge is 0.340 e. The second kappa shape index (κ2) is 7.89. The fourth-order valence-electron chi connectivity index (χ4n) is 6.20. The van der Waals surface area contributed by atoms with Gasteiger partial charge in [-0.1, -0.05) is 11.6 Å². The zero-order chi connectivity index (χ0) is 24.7. The van der Waals surface area contributed by atoms with Crippen molar-refractivity contribution < 1.29 is 13.2 Å². The van der Waals surface area contributed by atoms with Crippen molar-refractivity contribution in [2.75, 3.05) is 24.5 Å². The van der Waals surface area contributed by atoms with E-state index >= 15 is 0 Å². The number of aromatic nitrogens is 5. The molecule has 0 N–H and O–H groups in total. The molecule has 4 heterocycles. The van der Waals surface area contributed by atoms with Gasteiger partial charge >= 0.3 is 0 Å². The predicted octanol–water partition coefficient (Wildman–Crippen LogP) is 4.59. The summed E-state index contributed by atoms with van der Waals surface area (Å²) >= 11 is 6.31. The Kier molecular flexibility index (Phi) is 4.92. The first kappa shape index (κ1) is 22.5. The van der Waals surface area contributed by atoms with Crippen molar-refractivity contribution in [3.8, 4) is 5.69 Å². The van der Waals surface area contributed by atoms with Crippen LogP contribution in [-0.4, -0.2) is 55.2 Å². The van der Waals surface area contributed by atoms with E-state index in [1.54, 1.807) is 4.90 Å². The highest BCUT2D eigenvalue weighted by Crippen LogP contribution is 2.56. The Labute approximate surface area is 211 Å². The van der Waals surface area contributed by atoms with Gasteiger partial charge in [0, 0.05) is 41.9 Å². The number of halogens is 4. The molecule has 0 unspecified atom stereocenters. The Morgan fingerprint density at radius 2 is 1.81 bits per heavy atom. The van der Waals surface area contributed by atoms with Gasteiger partial charge in [-0.05, 0) is 49.4 Å². The molecule has 188 valence electrons. The van der Waals surface area contributed by atoms with Crippen LogP contribution < -0.4 is 4.90 Å². The standard InChI is InChI=1S/C25H25ClF3N7/c26-18-3-4-20-15(5-18)10-34(14-25(28,29)17-1-2-17)11-21-32-33-22(36(20)21)16-6-24(7-16)12-35(13-24)23-30-8-19(27)9-31-23/h3-5,8-9,16-17H,1-2,6-7,10-14H2. The summed E-state index contributed by atoms with van der Waals surface area (Å²) in [5, 5.41) is 9.61. The van der Waals surface area contributed by atoms with Crippen LogP contribution in [0, 0.1) is 17.2 Å². The quantitative estimate of drug-likeness (QED) is 0.495. The molecular weight excluding hydrogens is 491 g/mol. The monoisotopic (exact) mass is 515 g/mol. The fraction of sp³-hybridized carbons (Fsp3) is 0.520. The lowest BCUT2D eigenvalue weighted by molar-refractivity contribution is -0.0558. The molecule has 2 aromatic heterocycles. The van der Waals surface area contributed by atoms with Crippen molar-refractivity contribution in [1.29, 1.82) is 0 Å². The third-order valence-electron chi connectivity index (χ3n) is 8.07. The minimum atomic E-state index is -2.71. The van der Waals surface area contributed by atoms with E-state index < -0.39 is 17.7 Å². The van der Waals surface area contributed by atoms with Gasteiger partial charge in [0.25, 0.3) is 5.92 Å². The molecule has 0 bridgehead atoms. The number of nitrogens with zero attached hydrogens (tertiary/aromatic N) is 7. The summed E-state index contributed by atoms with van der Waals surface area (Å²) < 4.78 is 44.6. The molecule has 2 aliphatic heterocycles. The number of benzene rings is 1. The number of fused-ring (bicyclic) bond motifs is 3. The molecule has 3 aromatic rings. The Hall–Kier alpha value is -2.72. The smallest absolute Gasteiger partial charge is 0.263 e. The van der Waals surface area contributed by atoms with E-state index in [2.05, 4.69) is 29.6 Å². The third kappa shape index (κ3) is 3.76. The average Bonchev–Trinajstić information content (AvgIpc) is 3.58. The lowest BCUT2D eigenvalue weighted by Gasteiger charge is -2.58. The Balaban J connectivity index is 1.12. The van der Waals surface area contributed by atoms with Crippen LogP contribution in [0.4, 0.5) is 19.1 Å². The number of hydrogen-bond donors (Lipinski definition) is 0. The highest BCUT2D eigenvalue weighted by atomic mass is 35.5. The van der Waals surface area contributed by atoms with E-state index in [4.69, 9.17) is 11.6 Å². The molecule has 7 rings (SSSR count). The van der Waals surface area contributed by atoms with Crippen LogP contribution in [0.2, 0.25) is 5.02 Å². The molecule has 0 amide bonds. The second-order valence-corrected chi connectivity index (χ2v) is 11.4. The molecule has 11 heteroatoms. The van der Waals surface area contributed by atoms with Gasteiger partial charge < -0.3 is 4.90 Å². The maximum Gasteiger partial charge on any atom is 0.263 e. The van der Waals surface area contributed by atoms with E-state index in [9.17, 15) is 13.2 Å². The SMILES string of the molecule is Fc1cnc(N2CC3(CC(c4nnc5n4-c4ccc(Cl)cc4CN(CC(F)(F)C4CC4)C5)C3)C2)nc1. The van der Waals surface area contributed by atoms with Crippen molar-refractivity contribution in [2.24, 2.45) is 11.3 Å². The molecule has 2 saturated carbocycles. The summed E-state index contributed by atoms with van der Waals surface area (Å²) in [5.74, 6) is -1.31. The van der Waals surface area contributed by atoms with Gasteiger partial charge in [-0.25, -0.2) is 23.1 Å². The summed E-state index contributed by atoms with van der Waals surface area (Å²) in [5.41, 5.74) is 1.99. The number of alkyl halides is 2. The van der Waals surface area contributed by atoms with E-state index in [-0.39, 0.29) is 17.9 Å².